The van der Waals surface area contributed by atoms with Gasteiger partial charge in [-0.15, -0.1) is 0 Å². The van der Waals surface area contributed by atoms with E-state index in [1.54, 1.807) is 0 Å². The zero-order valence-electron chi connectivity index (χ0n) is 13.1. The maximum atomic E-state index is 3.64. The van der Waals surface area contributed by atoms with Crippen LogP contribution in [0.25, 0.3) is 0 Å². The molecule has 1 unspecified atom stereocenters. The predicted molar refractivity (Wildman–Crippen MR) is 93.3 cm³/mol. The summed E-state index contributed by atoms with van der Waals surface area (Å²) in [7, 11) is 2.09. The third-order valence-electron chi connectivity index (χ3n) is 3.99. The third-order valence-corrected chi connectivity index (χ3v) is 4.76. The van der Waals surface area contributed by atoms with Crippen LogP contribution in [0, 0.1) is 0 Å². The lowest BCUT2D eigenvalue weighted by Crippen LogP contribution is -2.27. The highest BCUT2D eigenvalue weighted by molar-refractivity contribution is 9.10. The molecule has 0 fully saturated rings. The lowest BCUT2D eigenvalue weighted by molar-refractivity contribution is 0.478. The van der Waals surface area contributed by atoms with E-state index in [1.807, 2.05) is 0 Å². The highest BCUT2D eigenvalue weighted by Crippen LogP contribution is 2.19. The molecule has 114 valence electrons. The quantitative estimate of drug-likeness (QED) is 0.508. The Hall–Kier alpha value is -0.340. The zero-order chi connectivity index (χ0) is 14.6. The molecule has 0 saturated carbocycles. The molecule has 1 atom stereocenters. The van der Waals surface area contributed by atoms with Crippen molar-refractivity contribution in [2.45, 2.75) is 70.8 Å². The first-order valence-electron chi connectivity index (χ1n) is 8.18. The average molecular weight is 340 g/mol. The van der Waals surface area contributed by atoms with E-state index in [0.717, 1.165) is 6.42 Å². The molecule has 1 aromatic rings. The van der Waals surface area contributed by atoms with Crippen molar-refractivity contribution in [3.63, 3.8) is 0 Å². The van der Waals surface area contributed by atoms with Crippen LogP contribution in [-0.4, -0.2) is 13.1 Å². The van der Waals surface area contributed by atoms with E-state index in [2.05, 4.69) is 59.5 Å². The summed E-state index contributed by atoms with van der Waals surface area (Å²) in [6, 6.07) is 9.16. The summed E-state index contributed by atoms with van der Waals surface area (Å²) in [4.78, 5) is 0. The second-order valence-electron chi connectivity index (χ2n) is 5.69. The van der Waals surface area contributed by atoms with E-state index in [9.17, 15) is 0 Å². The van der Waals surface area contributed by atoms with Crippen LogP contribution in [0.5, 0.6) is 0 Å². The minimum atomic E-state index is 0.601. The van der Waals surface area contributed by atoms with Crippen molar-refractivity contribution in [2.24, 2.45) is 0 Å². The Balaban J connectivity index is 2.18. The fourth-order valence-corrected chi connectivity index (χ4v) is 3.07. The molecule has 0 saturated heterocycles. The highest BCUT2D eigenvalue weighted by Gasteiger charge is 2.08. The van der Waals surface area contributed by atoms with Crippen molar-refractivity contribution >= 4 is 15.9 Å². The van der Waals surface area contributed by atoms with Gasteiger partial charge in [-0.3, -0.25) is 0 Å². The van der Waals surface area contributed by atoms with Crippen molar-refractivity contribution in [1.29, 1.82) is 0 Å². The Labute approximate surface area is 133 Å². The highest BCUT2D eigenvalue weighted by atomic mass is 79.9. The Kier molecular flexibility index (Phi) is 10.0. The zero-order valence-corrected chi connectivity index (χ0v) is 14.7. The molecule has 1 nitrogen and oxygen atoms in total. The molecule has 0 heterocycles. The monoisotopic (exact) mass is 339 g/mol. The fourth-order valence-electron chi connectivity index (χ4n) is 2.63. The number of unbranched alkanes of at least 4 members (excludes halogenated alkanes) is 6. The Morgan fingerprint density at radius 1 is 1.00 bits per heavy atom. The van der Waals surface area contributed by atoms with Gasteiger partial charge in [0, 0.05) is 10.5 Å². The number of hydrogen-bond donors (Lipinski definition) is 1. The number of hydrogen-bond acceptors (Lipinski definition) is 1. The van der Waals surface area contributed by atoms with Gasteiger partial charge in [0.25, 0.3) is 0 Å². The summed E-state index contributed by atoms with van der Waals surface area (Å²) in [5.74, 6) is 0. The van der Waals surface area contributed by atoms with Gasteiger partial charge < -0.3 is 5.32 Å². The molecule has 0 aliphatic heterocycles. The van der Waals surface area contributed by atoms with Crippen LogP contribution in [-0.2, 0) is 6.42 Å². The van der Waals surface area contributed by atoms with E-state index in [4.69, 9.17) is 0 Å². The van der Waals surface area contributed by atoms with Gasteiger partial charge in [-0.25, -0.2) is 0 Å². The Morgan fingerprint density at radius 3 is 2.30 bits per heavy atom. The lowest BCUT2D eigenvalue weighted by Gasteiger charge is -2.17. The molecule has 0 bridgehead atoms. The van der Waals surface area contributed by atoms with Gasteiger partial charge in [0.05, 0.1) is 0 Å². The fraction of sp³-hybridized carbons (Fsp3) is 0.667. The van der Waals surface area contributed by atoms with E-state index in [0.29, 0.717) is 6.04 Å². The van der Waals surface area contributed by atoms with Crippen molar-refractivity contribution in [3.8, 4) is 0 Å². The maximum absolute atomic E-state index is 3.64. The molecular weight excluding hydrogens is 310 g/mol. The van der Waals surface area contributed by atoms with E-state index < -0.39 is 0 Å². The van der Waals surface area contributed by atoms with Gasteiger partial charge in [-0.2, -0.15) is 0 Å². The SMILES string of the molecule is CCCCCCCCCC(Cc1ccccc1Br)NC. The van der Waals surface area contributed by atoms with Gasteiger partial charge in [0.2, 0.25) is 0 Å². The molecule has 0 spiro atoms. The molecule has 1 aromatic carbocycles. The standard InChI is InChI=1S/C18H30BrN/c1-3-4-5-6-7-8-9-13-17(20-2)15-16-12-10-11-14-18(16)19/h10-12,14,17,20H,3-9,13,15H2,1-2H3. The number of nitrogens with one attached hydrogen (secondary N) is 1. The van der Waals surface area contributed by atoms with Crippen LogP contribution in [0.1, 0.15) is 63.9 Å². The van der Waals surface area contributed by atoms with Crippen LogP contribution in [0.2, 0.25) is 0 Å². The van der Waals surface area contributed by atoms with Crippen LogP contribution in [0.3, 0.4) is 0 Å². The van der Waals surface area contributed by atoms with Gasteiger partial charge in [-0.1, -0.05) is 86.0 Å². The summed E-state index contributed by atoms with van der Waals surface area (Å²) in [6.45, 7) is 2.28. The smallest absolute Gasteiger partial charge is 0.0207 e. The van der Waals surface area contributed by atoms with Gasteiger partial charge in [0.15, 0.2) is 0 Å². The Bertz CT molecular complexity index is 351. The normalized spacial score (nSPS) is 12.6. The first-order chi connectivity index (χ1) is 9.77. The molecule has 20 heavy (non-hydrogen) atoms. The molecule has 0 aromatic heterocycles. The van der Waals surface area contributed by atoms with Crippen LogP contribution in [0.15, 0.2) is 28.7 Å². The first kappa shape index (κ1) is 17.7. The van der Waals surface area contributed by atoms with Crippen molar-refractivity contribution < 1.29 is 0 Å². The molecule has 0 aliphatic carbocycles. The maximum Gasteiger partial charge on any atom is 0.0207 e. The van der Waals surface area contributed by atoms with E-state index in [-0.39, 0.29) is 0 Å². The largest absolute Gasteiger partial charge is 0.317 e. The predicted octanol–water partition coefficient (Wildman–Crippen LogP) is 5.72. The van der Waals surface area contributed by atoms with Gasteiger partial charge >= 0.3 is 0 Å². The van der Waals surface area contributed by atoms with E-state index in [1.165, 1.54) is 61.4 Å². The number of likely N-dealkylation sites (N-methyl/N-ethyl adjacent to an activating group) is 1. The van der Waals surface area contributed by atoms with Crippen molar-refractivity contribution in [1.82, 2.24) is 5.32 Å². The third kappa shape index (κ3) is 7.44. The number of benzene rings is 1. The molecule has 0 radical (unpaired) electrons. The first-order valence-corrected chi connectivity index (χ1v) is 8.98. The summed E-state index contributed by atoms with van der Waals surface area (Å²) >= 11 is 3.64. The van der Waals surface area contributed by atoms with Crippen LogP contribution in [0.4, 0.5) is 0 Å². The lowest BCUT2D eigenvalue weighted by atomic mass is 9.99. The number of halogens is 1. The molecule has 1 N–H and O–H groups in total. The van der Waals surface area contributed by atoms with Gasteiger partial charge in [-0.05, 0) is 31.5 Å². The van der Waals surface area contributed by atoms with Gasteiger partial charge in [0.1, 0.15) is 0 Å². The molecule has 2 heteroatoms. The Morgan fingerprint density at radius 2 is 1.65 bits per heavy atom. The second-order valence-corrected chi connectivity index (χ2v) is 6.55. The topological polar surface area (TPSA) is 12.0 Å². The van der Waals surface area contributed by atoms with E-state index >= 15 is 0 Å². The average Bonchev–Trinajstić information content (AvgIpc) is 2.47. The van der Waals surface area contributed by atoms with Crippen LogP contribution >= 0.6 is 15.9 Å². The minimum absolute atomic E-state index is 0.601. The summed E-state index contributed by atoms with van der Waals surface area (Å²) in [5.41, 5.74) is 1.41. The molecule has 0 aliphatic rings. The molecule has 1 rings (SSSR count). The summed E-state index contributed by atoms with van der Waals surface area (Å²) in [5, 5.41) is 3.47. The molecule has 0 amide bonds. The summed E-state index contributed by atoms with van der Waals surface area (Å²) < 4.78 is 1.24. The minimum Gasteiger partial charge on any atom is -0.317 e. The van der Waals surface area contributed by atoms with Crippen molar-refractivity contribution in [2.75, 3.05) is 7.05 Å². The molecular formula is C18H30BrN. The second kappa shape index (κ2) is 11.3. The van der Waals surface area contributed by atoms with Crippen LogP contribution < -0.4 is 5.32 Å². The number of rotatable bonds is 11. The summed E-state index contributed by atoms with van der Waals surface area (Å²) in [6.07, 6.45) is 12.1. The van der Waals surface area contributed by atoms with Crippen molar-refractivity contribution in [3.05, 3.63) is 34.3 Å².